The van der Waals surface area contributed by atoms with Crippen molar-refractivity contribution in [1.82, 2.24) is 0 Å². The third-order valence-corrected chi connectivity index (χ3v) is 6.75. The predicted octanol–water partition coefficient (Wildman–Crippen LogP) is 7.69. The van der Waals surface area contributed by atoms with Gasteiger partial charge in [0.15, 0.2) is 5.17 Å². The maximum atomic E-state index is 13.5. The second-order valence-electron chi connectivity index (χ2n) is 8.66. The van der Waals surface area contributed by atoms with Crippen LogP contribution in [0.5, 0.6) is 5.75 Å². The topological polar surface area (TPSA) is 41.9 Å². The number of benzene rings is 4. The van der Waals surface area contributed by atoms with Crippen molar-refractivity contribution in [3.63, 3.8) is 0 Å². The second kappa shape index (κ2) is 10.7. The first-order valence-corrected chi connectivity index (χ1v) is 12.6. The van der Waals surface area contributed by atoms with Gasteiger partial charge in [-0.1, -0.05) is 77.9 Å². The van der Waals surface area contributed by atoms with Gasteiger partial charge in [0.2, 0.25) is 0 Å². The van der Waals surface area contributed by atoms with Gasteiger partial charge in [0, 0.05) is 0 Å². The van der Waals surface area contributed by atoms with E-state index in [-0.39, 0.29) is 5.91 Å². The van der Waals surface area contributed by atoms with E-state index in [0.29, 0.717) is 16.7 Å². The lowest BCUT2D eigenvalue weighted by Crippen LogP contribution is -2.28. The number of rotatable bonds is 6. The number of nitrogens with zero attached hydrogens (tertiary/aromatic N) is 2. The number of hydrogen-bond acceptors (Lipinski definition) is 4. The van der Waals surface area contributed by atoms with Gasteiger partial charge in [0.1, 0.15) is 12.4 Å². The summed E-state index contributed by atoms with van der Waals surface area (Å²) in [6, 6.07) is 33.8. The fraction of sp³-hybridized carbons (Fsp3) is 0.0968. The van der Waals surface area contributed by atoms with E-state index in [4.69, 9.17) is 9.73 Å². The van der Waals surface area contributed by atoms with E-state index < -0.39 is 0 Å². The van der Waals surface area contributed by atoms with Gasteiger partial charge >= 0.3 is 0 Å². The summed E-state index contributed by atoms with van der Waals surface area (Å²) in [5.41, 5.74) is 5.97. The lowest BCUT2D eigenvalue weighted by molar-refractivity contribution is -0.113. The van der Waals surface area contributed by atoms with Crippen LogP contribution in [0.4, 0.5) is 11.4 Å². The fourth-order valence-corrected chi connectivity index (χ4v) is 4.75. The molecule has 5 heteroatoms. The molecule has 36 heavy (non-hydrogen) atoms. The van der Waals surface area contributed by atoms with E-state index in [2.05, 4.69) is 0 Å². The molecule has 1 saturated heterocycles. The summed E-state index contributed by atoms with van der Waals surface area (Å²) in [5, 5.41) is 0.641. The lowest BCUT2D eigenvalue weighted by Gasteiger charge is -2.16. The Hall–Kier alpha value is -4.09. The minimum Gasteiger partial charge on any atom is -0.489 e. The molecule has 1 aliphatic rings. The van der Waals surface area contributed by atoms with E-state index in [0.717, 1.165) is 33.8 Å². The zero-order valence-electron chi connectivity index (χ0n) is 20.2. The molecule has 1 heterocycles. The van der Waals surface area contributed by atoms with Gasteiger partial charge in [-0.25, -0.2) is 4.99 Å². The summed E-state index contributed by atoms with van der Waals surface area (Å²) in [7, 11) is 0. The van der Waals surface area contributed by atoms with Crippen molar-refractivity contribution >= 4 is 40.3 Å². The molecular weight excluding hydrogens is 464 g/mol. The quantitative estimate of drug-likeness (QED) is 0.260. The van der Waals surface area contributed by atoms with Crippen molar-refractivity contribution in [2.75, 3.05) is 4.90 Å². The Morgan fingerprint density at radius 2 is 1.44 bits per heavy atom. The summed E-state index contributed by atoms with van der Waals surface area (Å²) < 4.78 is 5.89. The van der Waals surface area contributed by atoms with Gasteiger partial charge in [-0.05, 0) is 79.2 Å². The van der Waals surface area contributed by atoms with Crippen LogP contribution in [0.3, 0.4) is 0 Å². The van der Waals surface area contributed by atoms with Crippen molar-refractivity contribution in [3.8, 4) is 5.75 Å². The summed E-state index contributed by atoms with van der Waals surface area (Å²) >= 11 is 1.39. The van der Waals surface area contributed by atoms with Crippen LogP contribution < -0.4 is 9.64 Å². The Balaban J connectivity index is 1.39. The maximum absolute atomic E-state index is 13.5. The van der Waals surface area contributed by atoms with E-state index in [1.54, 1.807) is 4.90 Å². The highest BCUT2D eigenvalue weighted by molar-refractivity contribution is 8.19. The van der Waals surface area contributed by atoms with Gasteiger partial charge in [-0.15, -0.1) is 0 Å². The molecule has 4 aromatic carbocycles. The minimum absolute atomic E-state index is 0.0841. The van der Waals surface area contributed by atoms with E-state index in [1.807, 2.05) is 123 Å². The minimum atomic E-state index is -0.0841. The van der Waals surface area contributed by atoms with Gasteiger partial charge in [0.05, 0.1) is 16.3 Å². The smallest absolute Gasteiger partial charge is 0.271 e. The average molecular weight is 491 g/mol. The molecule has 0 aromatic heterocycles. The molecular formula is C31H26N2O2S. The molecule has 1 aliphatic heterocycles. The highest BCUT2D eigenvalue weighted by Crippen LogP contribution is 2.37. The van der Waals surface area contributed by atoms with Gasteiger partial charge in [-0.3, -0.25) is 9.69 Å². The zero-order chi connectivity index (χ0) is 24.9. The Morgan fingerprint density at radius 1 is 0.806 bits per heavy atom. The van der Waals surface area contributed by atoms with Crippen LogP contribution in [0.1, 0.15) is 22.3 Å². The molecule has 0 aliphatic carbocycles. The van der Waals surface area contributed by atoms with Crippen LogP contribution in [0.15, 0.2) is 113 Å². The van der Waals surface area contributed by atoms with Gasteiger partial charge < -0.3 is 4.74 Å². The molecule has 1 fully saturated rings. The van der Waals surface area contributed by atoms with E-state index in [9.17, 15) is 4.79 Å². The van der Waals surface area contributed by atoms with Crippen molar-refractivity contribution < 1.29 is 9.53 Å². The molecule has 4 aromatic rings. The Bertz CT molecular complexity index is 1410. The average Bonchev–Trinajstić information content (AvgIpc) is 3.20. The third kappa shape index (κ3) is 5.58. The monoisotopic (exact) mass is 490 g/mol. The molecule has 0 spiro atoms. The number of amides is 1. The Labute approximate surface area is 216 Å². The number of amidine groups is 1. The first kappa shape index (κ1) is 23.6. The summed E-state index contributed by atoms with van der Waals surface area (Å²) in [4.78, 5) is 20.6. The standard InChI is InChI=1S/C31H26N2O2S/c1-22-8-14-26(15-9-22)32-31-33(27-16-10-23(2)11-17-27)30(34)29(36-31)20-24-12-18-28(19-13-24)35-21-25-6-4-3-5-7-25/h3-20H,21H2,1-2H3/b29-20+,32-31?. The van der Waals surface area contributed by atoms with Crippen LogP contribution in [-0.2, 0) is 11.4 Å². The number of carbonyl (C=O) groups is 1. The largest absolute Gasteiger partial charge is 0.489 e. The normalized spacial score (nSPS) is 15.6. The predicted molar refractivity (Wildman–Crippen MR) is 150 cm³/mol. The van der Waals surface area contributed by atoms with E-state index in [1.165, 1.54) is 17.3 Å². The van der Waals surface area contributed by atoms with Crippen LogP contribution in [0.25, 0.3) is 6.08 Å². The molecule has 0 saturated carbocycles. The molecule has 0 atom stereocenters. The van der Waals surface area contributed by atoms with Crippen molar-refractivity contribution in [2.45, 2.75) is 20.5 Å². The molecule has 0 radical (unpaired) electrons. The highest BCUT2D eigenvalue weighted by Gasteiger charge is 2.34. The molecule has 4 nitrogen and oxygen atoms in total. The molecule has 1 amide bonds. The Morgan fingerprint density at radius 3 is 2.11 bits per heavy atom. The number of aliphatic imine (C=N–C) groups is 1. The van der Waals surface area contributed by atoms with Crippen LogP contribution in [-0.4, -0.2) is 11.1 Å². The van der Waals surface area contributed by atoms with Crippen LogP contribution >= 0.6 is 11.8 Å². The zero-order valence-corrected chi connectivity index (χ0v) is 21.0. The number of anilines is 1. The molecule has 178 valence electrons. The van der Waals surface area contributed by atoms with Crippen molar-refractivity contribution in [2.24, 2.45) is 4.99 Å². The first-order chi connectivity index (χ1) is 17.5. The van der Waals surface area contributed by atoms with Gasteiger partial charge in [-0.2, -0.15) is 0 Å². The fourth-order valence-electron chi connectivity index (χ4n) is 3.75. The van der Waals surface area contributed by atoms with Crippen molar-refractivity contribution in [3.05, 3.63) is 130 Å². The summed E-state index contributed by atoms with van der Waals surface area (Å²) in [5.74, 6) is 0.702. The van der Waals surface area contributed by atoms with Crippen LogP contribution in [0.2, 0.25) is 0 Å². The van der Waals surface area contributed by atoms with Crippen LogP contribution in [0, 0.1) is 13.8 Å². The number of thioether (sulfide) groups is 1. The molecule has 0 unspecified atom stereocenters. The molecule has 0 N–H and O–H groups in total. The molecule has 0 bridgehead atoms. The number of ether oxygens (including phenoxy) is 1. The molecule has 5 rings (SSSR count). The van der Waals surface area contributed by atoms with Gasteiger partial charge in [0.25, 0.3) is 5.91 Å². The third-order valence-electron chi connectivity index (χ3n) is 5.78. The summed E-state index contributed by atoms with van der Waals surface area (Å²) in [6.45, 7) is 4.59. The van der Waals surface area contributed by atoms with Crippen molar-refractivity contribution in [1.29, 1.82) is 0 Å². The SMILES string of the molecule is Cc1ccc(N=C2S/C(=C/c3ccc(OCc4ccccc4)cc3)C(=O)N2c2ccc(C)cc2)cc1. The number of hydrogen-bond donors (Lipinski definition) is 0. The maximum Gasteiger partial charge on any atom is 0.271 e. The number of carbonyl (C=O) groups excluding carboxylic acids is 1. The lowest BCUT2D eigenvalue weighted by atomic mass is 10.2. The first-order valence-electron chi connectivity index (χ1n) is 11.8. The summed E-state index contributed by atoms with van der Waals surface area (Å²) in [6.07, 6.45) is 1.91. The second-order valence-corrected chi connectivity index (χ2v) is 9.67. The van der Waals surface area contributed by atoms with E-state index >= 15 is 0 Å². The highest BCUT2D eigenvalue weighted by atomic mass is 32.2. The Kier molecular flexibility index (Phi) is 7.01. The number of aryl methyl sites for hydroxylation is 2.